The Bertz CT molecular complexity index is 694. The topological polar surface area (TPSA) is 29.5 Å². The summed E-state index contributed by atoms with van der Waals surface area (Å²) < 4.78 is 83.2. The fraction of sp³-hybridized carbons (Fsp3) is 0. The third-order valence-electron chi connectivity index (χ3n) is 2.52. The average Bonchev–Trinajstić information content (AvgIpc) is 2.40. The molecule has 2 aromatic carbocycles. The molecule has 21 heavy (non-hydrogen) atoms. The van der Waals surface area contributed by atoms with Crippen LogP contribution in [-0.4, -0.2) is 12.1 Å². The maximum atomic E-state index is 13.4. The second-order valence-corrected chi connectivity index (χ2v) is 3.93. The highest BCUT2D eigenvalue weighted by molar-refractivity contribution is 6.60. The molecular formula is C12H5BF6O2. The van der Waals surface area contributed by atoms with Crippen LogP contribution in [0.4, 0.5) is 26.3 Å². The van der Waals surface area contributed by atoms with Gasteiger partial charge in [0.2, 0.25) is 0 Å². The van der Waals surface area contributed by atoms with E-state index in [4.69, 9.17) is 0 Å². The summed E-state index contributed by atoms with van der Waals surface area (Å²) >= 11 is 0. The Morgan fingerprint density at radius 3 is 2.10 bits per heavy atom. The van der Waals surface area contributed by atoms with Gasteiger partial charge in [0.05, 0.1) is 5.46 Å². The van der Waals surface area contributed by atoms with Crippen LogP contribution in [-0.2, 0) is 0 Å². The molecule has 9 heteroatoms. The van der Waals surface area contributed by atoms with Crippen molar-refractivity contribution in [1.82, 2.24) is 0 Å². The van der Waals surface area contributed by atoms with Crippen LogP contribution in [0.3, 0.4) is 0 Å². The number of benzene rings is 2. The van der Waals surface area contributed by atoms with Crippen molar-refractivity contribution >= 4 is 12.6 Å². The predicted octanol–water partition coefficient (Wildman–Crippen LogP) is 2.29. The molecule has 0 radical (unpaired) electrons. The van der Waals surface area contributed by atoms with Gasteiger partial charge in [0.25, 0.3) is 0 Å². The first-order chi connectivity index (χ1) is 9.81. The second kappa shape index (κ2) is 5.68. The standard InChI is InChI=1S/C12H5BF6O2/c14-5-3-8(17)11(18)9(4-5)21-13(20)10-6(15)1-2-7(16)12(10)19/h1-4,20H. The SMILES string of the molecule is OB(Oc1cc(F)cc(F)c1F)c1c(F)ccc(F)c1F. The lowest BCUT2D eigenvalue weighted by Gasteiger charge is -2.13. The third kappa shape index (κ3) is 2.97. The average molecular weight is 306 g/mol. The van der Waals surface area contributed by atoms with Gasteiger partial charge < -0.3 is 9.68 Å². The summed E-state index contributed by atoms with van der Waals surface area (Å²) in [7, 11) is -2.50. The van der Waals surface area contributed by atoms with Crippen molar-refractivity contribution in [1.29, 1.82) is 0 Å². The molecule has 0 saturated carbocycles. The van der Waals surface area contributed by atoms with Gasteiger partial charge in [0.15, 0.2) is 23.3 Å². The van der Waals surface area contributed by atoms with E-state index in [9.17, 15) is 31.4 Å². The molecule has 0 spiro atoms. The van der Waals surface area contributed by atoms with E-state index in [0.717, 1.165) is 0 Å². The molecule has 110 valence electrons. The number of hydrogen-bond donors (Lipinski definition) is 1. The zero-order valence-corrected chi connectivity index (χ0v) is 10.0. The van der Waals surface area contributed by atoms with Crippen molar-refractivity contribution in [2.24, 2.45) is 0 Å². The van der Waals surface area contributed by atoms with Crippen molar-refractivity contribution in [3.8, 4) is 5.75 Å². The molecule has 0 atom stereocenters. The summed E-state index contributed by atoms with van der Waals surface area (Å²) in [5.41, 5.74) is -1.25. The molecule has 0 aliphatic rings. The van der Waals surface area contributed by atoms with Gasteiger partial charge in [-0.15, -0.1) is 0 Å². The minimum Gasteiger partial charge on any atom is -0.530 e. The molecule has 2 nitrogen and oxygen atoms in total. The summed E-state index contributed by atoms with van der Waals surface area (Å²) in [4.78, 5) is 0. The van der Waals surface area contributed by atoms with E-state index in [1.165, 1.54) is 0 Å². The molecule has 0 unspecified atom stereocenters. The molecule has 2 aromatic rings. The first-order valence-electron chi connectivity index (χ1n) is 5.44. The monoisotopic (exact) mass is 306 g/mol. The molecule has 0 amide bonds. The van der Waals surface area contributed by atoms with Crippen molar-refractivity contribution in [2.45, 2.75) is 0 Å². The lowest BCUT2D eigenvalue weighted by Crippen LogP contribution is -2.42. The van der Waals surface area contributed by atoms with E-state index in [1.807, 2.05) is 0 Å². The number of halogens is 6. The van der Waals surface area contributed by atoms with Gasteiger partial charge in [-0.05, 0) is 12.1 Å². The molecule has 0 bridgehead atoms. The summed E-state index contributed by atoms with van der Waals surface area (Å²) in [5.74, 6) is -10.3. The van der Waals surface area contributed by atoms with Crippen molar-refractivity contribution in [2.75, 3.05) is 0 Å². The van der Waals surface area contributed by atoms with Crippen LogP contribution < -0.4 is 10.1 Å². The molecule has 1 N–H and O–H groups in total. The highest BCUT2D eigenvalue weighted by Crippen LogP contribution is 2.22. The Balaban J connectivity index is 2.39. The highest BCUT2D eigenvalue weighted by Gasteiger charge is 2.31. The van der Waals surface area contributed by atoms with E-state index in [0.29, 0.717) is 18.2 Å². The minimum atomic E-state index is -2.50. The van der Waals surface area contributed by atoms with Crippen molar-refractivity contribution in [3.63, 3.8) is 0 Å². The Labute approximate surface area is 114 Å². The minimum absolute atomic E-state index is 0.206. The maximum absolute atomic E-state index is 13.4. The molecule has 0 saturated heterocycles. The second-order valence-electron chi connectivity index (χ2n) is 3.93. The highest BCUT2D eigenvalue weighted by atomic mass is 19.2. The van der Waals surface area contributed by atoms with Gasteiger partial charge in [-0.1, -0.05) is 0 Å². The van der Waals surface area contributed by atoms with Gasteiger partial charge in [-0.2, -0.15) is 4.39 Å². The lowest BCUT2D eigenvalue weighted by molar-refractivity contribution is 0.390. The van der Waals surface area contributed by atoms with Crippen LogP contribution in [0, 0.1) is 34.9 Å². The fourth-order valence-electron chi connectivity index (χ4n) is 1.57. The molecule has 2 rings (SSSR count). The molecule has 0 aliphatic carbocycles. The zero-order valence-electron chi connectivity index (χ0n) is 10.0. The summed E-state index contributed by atoms with van der Waals surface area (Å²) in [6.07, 6.45) is 0. The Morgan fingerprint density at radius 2 is 1.43 bits per heavy atom. The predicted molar refractivity (Wildman–Crippen MR) is 60.9 cm³/mol. The van der Waals surface area contributed by atoms with E-state index >= 15 is 0 Å². The maximum Gasteiger partial charge on any atom is 0.566 e. The quantitative estimate of drug-likeness (QED) is 0.535. The Hall–Kier alpha value is -2.16. The summed E-state index contributed by atoms with van der Waals surface area (Å²) in [6, 6.07) is 1.53. The van der Waals surface area contributed by atoms with Gasteiger partial charge in [0, 0.05) is 12.1 Å². The molecule has 0 aliphatic heterocycles. The number of hydrogen-bond acceptors (Lipinski definition) is 2. The van der Waals surface area contributed by atoms with E-state index in [1.54, 1.807) is 0 Å². The normalized spacial score (nSPS) is 10.6. The molecule has 0 fully saturated rings. The van der Waals surface area contributed by atoms with Gasteiger partial charge >= 0.3 is 7.12 Å². The van der Waals surface area contributed by atoms with Crippen LogP contribution in [0.5, 0.6) is 5.75 Å². The number of rotatable bonds is 3. The van der Waals surface area contributed by atoms with Crippen LogP contribution >= 0.6 is 0 Å². The van der Waals surface area contributed by atoms with Crippen LogP contribution in [0.1, 0.15) is 0 Å². The van der Waals surface area contributed by atoms with Gasteiger partial charge in [-0.25, -0.2) is 22.0 Å². The smallest absolute Gasteiger partial charge is 0.530 e. The molecule has 0 aromatic heterocycles. The zero-order chi connectivity index (χ0) is 15.7. The van der Waals surface area contributed by atoms with E-state index in [-0.39, 0.29) is 6.07 Å². The fourth-order valence-corrected chi connectivity index (χ4v) is 1.57. The van der Waals surface area contributed by atoms with Crippen LogP contribution in [0.2, 0.25) is 0 Å². The van der Waals surface area contributed by atoms with Crippen molar-refractivity contribution < 1.29 is 36.0 Å². The van der Waals surface area contributed by atoms with Crippen molar-refractivity contribution in [3.05, 3.63) is 59.2 Å². The Morgan fingerprint density at radius 1 is 0.810 bits per heavy atom. The first kappa shape index (κ1) is 15.2. The third-order valence-corrected chi connectivity index (χ3v) is 2.52. The Kier molecular flexibility index (Phi) is 4.12. The van der Waals surface area contributed by atoms with Gasteiger partial charge in [0.1, 0.15) is 17.4 Å². The van der Waals surface area contributed by atoms with E-state index in [2.05, 4.69) is 4.65 Å². The summed E-state index contributed by atoms with van der Waals surface area (Å²) in [6.45, 7) is 0. The lowest BCUT2D eigenvalue weighted by atomic mass is 9.78. The first-order valence-corrected chi connectivity index (χ1v) is 5.44. The van der Waals surface area contributed by atoms with E-state index < -0.39 is 53.2 Å². The van der Waals surface area contributed by atoms with Gasteiger partial charge in [-0.3, -0.25) is 0 Å². The largest absolute Gasteiger partial charge is 0.566 e. The van der Waals surface area contributed by atoms with Crippen LogP contribution in [0.25, 0.3) is 0 Å². The summed E-state index contributed by atoms with van der Waals surface area (Å²) in [5, 5.41) is 9.49. The van der Waals surface area contributed by atoms with Crippen LogP contribution in [0.15, 0.2) is 24.3 Å². The molecule has 0 heterocycles. The molecular weight excluding hydrogens is 301 g/mol.